The second-order valence-corrected chi connectivity index (χ2v) is 11.2. The summed E-state index contributed by atoms with van der Waals surface area (Å²) in [6.45, 7) is 7.94. The molecule has 2 heterocycles. The van der Waals surface area contributed by atoms with Crippen molar-refractivity contribution in [1.82, 2.24) is 4.98 Å². The molecule has 2 heteroatoms. The average molecular weight is 469 g/mol. The molecule has 0 atom stereocenters. The number of rotatable bonds is 4. The lowest BCUT2D eigenvalue weighted by Crippen LogP contribution is -2.10. The Morgan fingerprint density at radius 2 is 1.68 bits per heavy atom. The Kier molecular flexibility index (Phi) is 4.45. The number of aryl methyl sites for hydroxylation is 1. The van der Waals surface area contributed by atoms with E-state index in [0.29, 0.717) is 16.8 Å². The number of hydrogen-bond acceptors (Lipinski definition) is 2. The van der Waals surface area contributed by atoms with Crippen LogP contribution in [0, 0.1) is 12.8 Å². The largest absolute Gasteiger partial charge is 0.256 e. The Hall–Kier alpha value is -2.97. The molecule has 3 aromatic carbocycles. The van der Waals surface area contributed by atoms with Crippen molar-refractivity contribution in [1.29, 1.82) is 0 Å². The molecule has 0 saturated carbocycles. The fraction of sp³-hybridized carbons (Fsp3) is 0.281. The predicted octanol–water partition coefficient (Wildman–Crippen LogP) is 9.59. The second kappa shape index (κ2) is 8.67. The van der Waals surface area contributed by atoms with Crippen LogP contribution in [0.3, 0.4) is 0 Å². The Morgan fingerprint density at radius 3 is 2.38 bits per heavy atom. The minimum atomic E-state index is -2.30. The number of thiophene rings is 1. The normalized spacial score (nSPS) is 15.2. The van der Waals surface area contributed by atoms with E-state index < -0.39 is 13.2 Å². The zero-order valence-electron chi connectivity index (χ0n) is 25.4. The summed E-state index contributed by atoms with van der Waals surface area (Å²) in [7, 11) is 0. The molecule has 172 valence electrons. The molecular weight excluding hydrogens is 430 g/mol. The molecule has 34 heavy (non-hydrogen) atoms. The SMILES string of the molecule is [2H]C([2H])([2H])c1c(-c2ccc(C(C)(C)C)cc2)ccc2c1sc1c(-c3cc(C([2H])([2H])C(C)C)ccn3)cccc12. The molecule has 0 bridgehead atoms. The minimum Gasteiger partial charge on any atom is -0.256 e. The highest BCUT2D eigenvalue weighted by Crippen LogP contribution is 2.43. The highest BCUT2D eigenvalue weighted by atomic mass is 32.1. The van der Waals surface area contributed by atoms with Gasteiger partial charge in [0.2, 0.25) is 0 Å². The maximum absolute atomic E-state index is 8.56. The van der Waals surface area contributed by atoms with Gasteiger partial charge in [0, 0.05) is 38.8 Å². The number of fused-ring (bicyclic) bond motifs is 3. The lowest BCUT2D eigenvalue weighted by Gasteiger charge is -2.19. The maximum Gasteiger partial charge on any atom is 0.0719 e. The van der Waals surface area contributed by atoms with Crippen molar-refractivity contribution in [2.45, 2.75) is 53.3 Å². The zero-order chi connectivity index (χ0) is 28.3. The average Bonchev–Trinajstić information content (AvgIpc) is 3.25. The number of benzene rings is 3. The molecule has 0 aliphatic rings. The van der Waals surface area contributed by atoms with Gasteiger partial charge in [-0.25, -0.2) is 0 Å². The summed E-state index contributed by atoms with van der Waals surface area (Å²) >= 11 is 1.48. The van der Waals surface area contributed by atoms with Crippen LogP contribution in [-0.4, -0.2) is 4.98 Å². The molecule has 0 spiro atoms. The van der Waals surface area contributed by atoms with Gasteiger partial charge in [-0.2, -0.15) is 0 Å². The van der Waals surface area contributed by atoms with Crippen molar-refractivity contribution >= 4 is 31.5 Å². The minimum absolute atomic E-state index is 0.0112. The molecule has 0 unspecified atom stereocenters. The molecule has 0 N–H and O–H groups in total. The van der Waals surface area contributed by atoms with E-state index in [9.17, 15) is 0 Å². The van der Waals surface area contributed by atoms with Crippen molar-refractivity contribution in [2.24, 2.45) is 5.92 Å². The van der Waals surface area contributed by atoms with Gasteiger partial charge in [0.15, 0.2) is 0 Å². The molecule has 5 rings (SSSR count). The lowest BCUT2D eigenvalue weighted by atomic mass is 9.86. The van der Waals surface area contributed by atoms with Crippen molar-refractivity contribution in [3.63, 3.8) is 0 Å². The standard InChI is InChI=1S/C32H33NS/c1-20(2)18-22-16-17-33-29(19-22)28-9-7-8-26-27-15-14-25(21(3)30(27)34-31(26)28)23-10-12-24(13-11-23)32(4,5)6/h7-17,19-20H,18H2,1-6H3/i3D3,18D2. The maximum atomic E-state index is 8.56. The first-order valence-electron chi connectivity index (χ1n) is 14.3. The molecule has 0 saturated heterocycles. The molecule has 1 nitrogen and oxygen atoms in total. The monoisotopic (exact) mass is 468 g/mol. The van der Waals surface area contributed by atoms with Gasteiger partial charge in [-0.05, 0) is 64.5 Å². The predicted molar refractivity (Wildman–Crippen MR) is 150 cm³/mol. The summed E-state index contributed by atoms with van der Waals surface area (Å²) in [5.41, 5.74) is 5.34. The van der Waals surface area contributed by atoms with Crippen LogP contribution < -0.4 is 0 Å². The highest BCUT2D eigenvalue weighted by molar-refractivity contribution is 7.26. The topological polar surface area (TPSA) is 12.9 Å². The summed E-state index contributed by atoms with van der Waals surface area (Å²) in [6.07, 6.45) is 0.169. The van der Waals surface area contributed by atoms with E-state index in [0.717, 1.165) is 36.9 Å². The van der Waals surface area contributed by atoms with Gasteiger partial charge in [-0.1, -0.05) is 89.2 Å². The van der Waals surface area contributed by atoms with Crippen LogP contribution in [0.2, 0.25) is 0 Å². The van der Waals surface area contributed by atoms with Crippen LogP contribution in [-0.2, 0) is 11.8 Å². The molecule has 5 aromatic rings. The van der Waals surface area contributed by atoms with Crippen LogP contribution in [0.5, 0.6) is 0 Å². The molecule has 0 radical (unpaired) electrons. The number of hydrogen-bond donors (Lipinski definition) is 0. The van der Waals surface area contributed by atoms with E-state index in [1.807, 2.05) is 62.4 Å². The van der Waals surface area contributed by atoms with E-state index in [1.54, 1.807) is 12.3 Å². The van der Waals surface area contributed by atoms with Crippen molar-refractivity contribution in [2.75, 3.05) is 0 Å². The van der Waals surface area contributed by atoms with Gasteiger partial charge in [0.05, 0.1) is 5.69 Å². The van der Waals surface area contributed by atoms with Gasteiger partial charge in [0.25, 0.3) is 0 Å². The molecule has 0 aliphatic heterocycles. The van der Waals surface area contributed by atoms with E-state index >= 15 is 0 Å². The fourth-order valence-corrected chi connectivity index (χ4v) is 5.73. The molecule has 2 aromatic heterocycles. The third kappa shape index (κ3) is 4.16. The summed E-state index contributed by atoms with van der Waals surface area (Å²) in [5.74, 6) is -0.189. The second-order valence-electron chi connectivity index (χ2n) is 10.2. The number of nitrogens with zero attached hydrogens (tertiary/aromatic N) is 1. The van der Waals surface area contributed by atoms with Crippen molar-refractivity contribution in [3.05, 3.63) is 89.6 Å². The molecule has 0 aliphatic carbocycles. The highest BCUT2D eigenvalue weighted by Gasteiger charge is 2.17. The Morgan fingerprint density at radius 1 is 0.912 bits per heavy atom. The first kappa shape index (κ1) is 17.5. The Bertz CT molecular complexity index is 1670. The molecular formula is C32H33NS. The van der Waals surface area contributed by atoms with Gasteiger partial charge in [-0.15, -0.1) is 11.3 Å². The van der Waals surface area contributed by atoms with Crippen LogP contribution in [0.25, 0.3) is 42.6 Å². The zero-order valence-corrected chi connectivity index (χ0v) is 21.2. The third-order valence-corrected chi connectivity index (χ3v) is 7.49. The van der Waals surface area contributed by atoms with E-state index in [1.165, 1.54) is 16.9 Å². The van der Waals surface area contributed by atoms with Crippen LogP contribution >= 0.6 is 11.3 Å². The first-order chi connectivity index (χ1) is 18.2. The van der Waals surface area contributed by atoms with Crippen molar-refractivity contribution < 1.29 is 6.85 Å². The van der Waals surface area contributed by atoms with E-state index in [-0.39, 0.29) is 11.3 Å². The smallest absolute Gasteiger partial charge is 0.0719 e. The lowest BCUT2D eigenvalue weighted by molar-refractivity contribution is 0.590. The van der Waals surface area contributed by atoms with E-state index in [4.69, 9.17) is 6.85 Å². The van der Waals surface area contributed by atoms with Gasteiger partial charge in [-0.3, -0.25) is 4.98 Å². The van der Waals surface area contributed by atoms with Crippen LogP contribution in [0.1, 0.15) is 58.2 Å². The number of aromatic nitrogens is 1. The fourth-order valence-electron chi connectivity index (χ4n) is 4.45. The third-order valence-electron chi connectivity index (χ3n) is 6.22. The van der Waals surface area contributed by atoms with E-state index in [2.05, 4.69) is 37.9 Å². The molecule has 0 fully saturated rings. The van der Waals surface area contributed by atoms with Crippen molar-refractivity contribution in [3.8, 4) is 22.4 Å². The van der Waals surface area contributed by atoms with Gasteiger partial charge in [0.1, 0.15) is 0 Å². The Labute approximate surface area is 214 Å². The quantitative estimate of drug-likeness (QED) is 0.256. The Balaban J connectivity index is 1.74. The van der Waals surface area contributed by atoms with Gasteiger partial charge >= 0.3 is 0 Å². The summed E-state index contributed by atoms with van der Waals surface area (Å²) < 4.78 is 44.3. The molecule has 0 amide bonds. The summed E-state index contributed by atoms with van der Waals surface area (Å²) in [6, 6.07) is 21.7. The van der Waals surface area contributed by atoms with Crippen LogP contribution in [0.15, 0.2) is 72.9 Å². The first-order valence-corrected chi connectivity index (χ1v) is 12.6. The van der Waals surface area contributed by atoms with Crippen LogP contribution in [0.4, 0.5) is 0 Å². The number of pyridine rings is 1. The summed E-state index contributed by atoms with van der Waals surface area (Å²) in [5, 5.41) is 1.89. The van der Waals surface area contributed by atoms with Gasteiger partial charge < -0.3 is 0 Å². The summed E-state index contributed by atoms with van der Waals surface area (Å²) in [4.78, 5) is 4.60.